The topological polar surface area (TPSA) is 140 Å². The van der Waals surface area contributed by atoms with Gasteiger partial charge in [-0.1, -0.05) is 51.5 Å². The Hall–Kier alpha value is -5.85. The molecule has 0 unspecified atom stereocenters. The SMILES string of the molecule is CCCCNc1ncc2c(-c3ccc(NC(=O)c4cn(C5CC5)c(C(=O)OCC)c(-c5ccc(F)cc5)c4=O)cc3)cn(C3CCN(C(=O)C(C)C)CC3)c2n1. The van der Waals surface area contributed by atoms with E-state index in [4.69, 9.17) is 9.72 Å². The number of nitrogens with one attached hydrogen (secondary N) is 2. The van der Waals surface area contributed by atoms with Crippen molar-refractivity contribution in [3.63, 3.8) is 0 Å². The van der Waals surface area contributed by atoms with E-state index in [2.05, 4.69) is 33.3 Å². The molecule has 4 heterocycles. The minimum Gasteiger partial charge on any atom is -0.461 e. The monoisotopic (exact) mass is 761 g/mol. The van der Waals surface area contributed by atoms with Gasteiger partial charge in [0.15, 0.2) is 0 Å². The number of likely N-dealkylation sites (tertiary alicyclic amines) is 1. The predicted octanol–water partition coefficient (Wildman–Crippen LogP) is 7.86. The van der Waals surface area contributed by atoms with E-state index >= 15 is 0 Å². The molecule has 2 aliphatic rings. The van der Waals surface area contributed by atoms with Gasteiger partial charge in [-0.25, -0.2) is 14.2 Å². The van der Waals surface area contributed by atoms with E-state index in [1.165, 1.54) is 30.5 Å². The fraction of sp³-hybridized carbons (Fsp3) is 0.395. The number of fused-ring (bicyclic) bond motifs is 1. The molecule has 2 aromatic carbocycles. The number of amides is 2. The average Bonchev–Trinajstić information content (AvgIpc) is 3.98. The number of anilines is 2. The summed E-state index contributed by atoms with van der Waals surface area (Å²) in [4.78, 5) is 65.4. The van der Waals surface area contributed by atoms with Crippen molar-refractivity contribution in [3.05, 3.63) is 94.4 Å². The summed E-state index contributed by atoms with van der Waals surface area (Å²) >= 11 is 0. The highest BCUT2D eigenvalue weighted by molar-refractivity contribution is 6.06. The standard InChI is InChI=1S/C43H48FN7O5/c1-5-7-20-45-43-46-23-33-34(24-51(39(33)48-43)32-18-21-49(22-19-32)41(54)26(3)4)27-10-14-30(15-11-27)47-40(53)35-25-50(31-16-17-31)37(42(55)56-6-2)36(38(35)52)28-8-12-29(44)13-9-28/h8-15,23-26,31-32H,5-7,16-22H2,1-4H3,(H,47,53)(H,45,46,48). The van der Waals surface area contributed by atoms with Crippen LogP contribution in [-0.4, -0.2) is 68.0 Å². The molecule has 7 rings (SSSR count). The van der Waals surface area contributed by atoms with Crippen molar-refractivity contribution in [2.45, 2.75) is 78.3 Å². The van der Waals surface area contributed by atoms with Crippen LogP contribution in [0.2, 0.25) is 0 Å². The number of benzene rings is 2. The average molecular weight is 762 g/mol. The van der Waals surface area contributed by atoms with Crippen molar-refractivity contribution in [1.29, 1.82) is 0 Å². The molecule has 0 radical (unpaired) electrons. The van der Waals surface area contributed by atoms with Crippen LogP contribution in [0.5, 0.6) is 0 Å². The highest BCUT2D eigenvalue weighted by Gasteiger charge is 2.33. The van der Waals surface area contributed by atoms with Gasteiger partial charge in [-0.3, -0.25) is 14.4 Å². The summed E-state index contributed by atoms with van der Waals surface area (Å²) in [5.41, 5.74) is 2.68. The second kappa shape index (κ2) is 16.5. The van der Waals surface area contributed by atoms with Gasteiger partial charge in [-0.05, 0) is 74.4 Å². The van der Waals surface area contributed by atoms with Crippen molar-refractivity contribution < 1.29 is 23.5 Å². The van der Waals surface area contributed by atoms with Crippen molar-refractivity contribution in [1.82, 2.24) is 24.0 Å². The number of carbonyl (C=O) groups is 3. The van der Waals surface area contributed by atoms with E-state index < -0.39 is 23.1 Å². The van der Waals surface area contributed by atoms with E-state index in [-0.39, 0.29) is 47.3 Å². The molecule has 56 heavy (non-hydrogen) atoms. The van der Waals surface area contributed by atoms with E-state index in [0.717, 1.165) is 67.2 Å². The van der Waals surface area contributed by atoms with Crippen LogP contribution in [0.1, 0.15) is 99.2 Å². The van der Waals surface area contributed by atoms with Gasteiger partial charge in [0, 0.05) is 72.9 Å². The van der Waals surface area contributed by atoms with E-state index in [9.17, 15) is 23.6 Å². The molecule has 0 bridgehead atoms. The maximum atomic E-state index is 14.1. The Morgan fingerprint density at radius 3 is 2.23 bits per heavy atom. The summed E-state index contributed by atoms with van der Waals surface area (Å²) < 4.78 is 23.1. The normalized spacial score (nSPS) is 14.6. The molecule has 2 amide bonds. The molecule has 2 fully saturated rings. The van der Waals surface area contributed by atoms with Gasteiger partial charge in [-0.15, -0.1) is 0 Å². The molecular formula is C43H48FN7O5. The number of unbranched alkanes of at least 4 members (excludes halogenated alkanes) is 1. The predicted molar refractivity (Wildman–Crippen MR) is 214 cm³/mol. The van der Waals surface area contributed by atoms with E-state index in [1.54, 1.807) is 23.6 Å². The lowest BCUT2D eigenvalue weighted by Gasteiger charge is -2.34. The van der Waals surface area contributed by atoms with Crippen LogP contribution in [0, 0.1) is 11.7 Å². The number of esters is 1. The van der Waals surface area contributed by atoms with Crippen LogP contribution >= 0.6 is 0 Å². The van der Waals surface area contributed by atoms with Crippen molar-refractivity contribution >= 4 is 40.5 Å². The third-order valence-electron chi connectivity index (χ3n) is 10.5. The highest BCUT2D eigenvalue weighted by Crippen LogP contribution is 2.39. The maximum absolute atomic E-state index is 14.1. The molecule has 1 aliphatic heterocycles. The summed E-state index contributed by atoms with van der Waals surface area (Å²) in [6.07, 6.45) is 10.6. The number of carbonyl (C=O) groups excluding carboxylic acids is 3. The van der Waals surface area contributed by atoms with E-state index in [1.807, 2.05) is 37.1 Å². The molecule has 1 aliphatic carbocycles. The van der Waals surface area contributed by atoms with Crippen LogP contribution in [0.3, 0.4) is 0 Å². The van der Waals surface area contributed by atoms with Gasteiger partial charge < -0.3 is 29.4 Å². The van der Waals surface area contributed by atoms with Crippen molar-refractivity contribution in [2.24, 2.45) is 5.92 Å². The minimum absolute atomic E-state index is 0.00197. The third-order valence-corrected chi connectivity index (χ3v) is 10.5. The molecule has 12 nitrogen and oxygen atoms in total. The molecule has 13 heteroatoms. The quantitative estimate of drug-likeness (QED) is 0.0913. The molecule has 292 valence electrons. The molecule has 1 saturated heterocycles. The molecular weight excluding hydrogens is 714 g/mol. The lowest BCUT2D eigenvalue weighted by Crippen LogP contribution is -2.41. The Kier molecular flexibility index (Phi) is 11.3. The number of piperidine rings is 1. The minimum atomic E-state index is -0.680. The largest absolute Gasteiger partial charge is 0.461 e. The number of halogens is 1. The number of hydrogen-bond acceptors (Lipinski definition) is 8. The van der Waals surface area contributed by atoms with Crippen LogP contribution in [0.4, 0.5) is 16.0 Å². The summed E-state index contributed by atoms with van der Waals surface area (Å²) in [6, 6.07) is 12.7. The molecule has 5 aromatic rings. The number of ether oxygens (including phenoxy) is 1. The molecule has 0 spiro atoms. The van der Waals surface area contributed by atoms with Crippen LogP contribution < -0.4 is 16.1 Å². The first-order chi connectivity index (χ1) is 27.1. The number of hydrogen-bond donors (Lipinski definition) is 2. The smallest absolute Gasteiger partial charge is 0.355 e. The number of nitrogens with zero attached hydrogens (tertiary/aromatic N) is 5. The Balaban J connectivity index is 1.19. The lowest BCUT2D eigenvalue weighted by atomic mass is 9.99. The van der Waals surface area contributed by atoms with Crippen LogP contribution in [-0.2, 0) is 9.53 Å². The lowest BCUT2D eigenvalue weighted by molar-refractivity contribution is -0.135. The first-order valence-electron chi connectivity index (χ1n) is 19.6. The van der Waals surface area contributed by atoms with Gasteiger partial charge >= 0.3 is 5.97 Å². The maximum Gasteiger partial charge on any atom is 0.355 e. The summed E-state index contributed by atoms with van der Waals surface area (Å²) in [5.74, 6) is -1.10. The summed E-state index contributed by atoms with van der Waals surface area (Å²) in [7, 11) is 0. The van der Waals surface area contributed by atoms with Gasteiger partial charge in [0.05, 0.1) is 12.2 Å². The second-order valence-electron chi connectivity index (χ2n) is 14.9. The van der Waals surface area contributed by atoms with Crippen molar-refractivity contribution in [2.75, 3.05) is 36.9 Å². The second-order valence-corrected chi connectivity index (χ2v) is 14.9. The highest BCUT2D eigenvalue weighted by atomic mass is 19.1. The first-order valence-corrected chi connectivity index (χ1v) is 19.6. The van der Waals surface area contributed by atoms with Crippen LogP contribution in [0.25, 0.3) is 33.3 Å². The van der Waals surface area contributed by atoms with Gasteiger partial charge in [0.25, 0.3) is 5.91 Å². The fourth-order valence-corrected chi connectivity index (χ4v) is 7.39. The summed E-state index contributed by atoms with van der Waals surface area (Å²) in [6.45, 7) is 9.92. The zero-order chi connectivity index (χ0) is 39.5. The van der Waals surface area contributed by atoms with Crippen LogP contribution in [0.15, 0.2) is 71.9 Å². The summed E-state index contributed by atoms with van der Waals surface area (Å²) in [5, 5.41) is 7.11. The van der Waals surface area contributed by atoms with E-state index in [0.29, 0.717) is 30.3 Å². The van der Waals surface area contributed by atoms with Gasteiger partial charge in [0.2, 0.25) is 17.3 Å². The third kappa shape index (κ3) is 7.93. The number of aromatic nitrogens is 4. The molecule has 1 saturated carbocycles. The Morgan fingerprint density at radius 1 is 0.911 bits per heavy atom. The Labute approximate surface area is 325 Å². The fourth-order valence-electron chi connectivity index (χ4n) is 7.39. The number of pyridine rings is 1. The van der Waals surface area contributed by atoms with Crippen molar-refractivity contribution in [3.8, 4) is 22.3 Å². The molecule has 3 aromatic heterocycles. The Morgan fingerprint density at radius 2 is 1.59 bits per heavy atom. The zero-order valence-electron chi connectivity index (χ0n) is 32.3. The van der Waals surface area contributed by atoms with Gasteiger partial charge in [-0.2, -0.15) is 4.98 Å². The molecule has 0 atom stereocenters. The first kappa shape index (κ1) is 38.4. The number of rotatable bonds is 13. The van der Waals surface area contributed by atoms with Gasteiger partial charge in [0.1, 0.15) is 22.7 Å². The molecule has 2 N–H and O–H groups in total. The Bertz CT molecular complexity index is 2300. The zero-order valence-corrected chi connectivity index (χ0v) is 32.3.